The molecule has 0 saturated heterocycles. The fourth-order valence-corrected chi connectivity index (χ4v) is 3.29. The van der Waals surface area contributed by atoms with E-state index in [1.807, 2.05) is 0 Å². The second-order valence-electron chi connectivity index (χ2n) is 4.13. The molecular formula is C12H18BrClN2O2S. The van der Waals surface area contributed by atoms with Crippen molar-refractivity contribution in [1.29, 1.82) is 0 Å². The molecular weight excluding hydrogens is 352 g/mol. The molecule has 1 rings (SSSR count). The third-order valence-corrected chi connectivity index (χ3v) is 5.17. The Labute approximate surface area is 128 Å². The lowest BCUT2D eigenvalue weighted by molar-refractivity contribution is 0.593. The van der Waals surface area contributed by atoms with E-state index in [4.69, 9.17) is 11.6 Å². The van der Waals surface area contributed by atoms with Crippen LogP contribution in [-0.2, 0) is 10.0 Å². The summed E-state index contributed by atoms with van der Waals surface area (Å²) >= 11 is 9.18. The van der Waals surface area contributed by atoms with Crippen LogP contribution in [0.2, 0.25) is 5.02 Å². The van der Waals surface area contributed by atoms with E-state index in [0.29, 0.717) is 28.1 Å². The van der Waals surface area contributed by atoms with Gasteiger partial charge in [0.05, 0.1) is 20.9 Å². The average molecular weight is 370 g/mol. The van der Waals surface area contributed by atoms with Gasteiger partial charge in [0, 0.05) is 0 Å². The minimum Gasteiger partial charge on any atom is -0.317 e. The maximum Gasteiger partial charge on any atom is 0.232 e. The van der Waals surface area contributed by atoms with Gasteiger partial charge in [-0.15, -0.1) is 0 Å². The van der Waals surface area contributed by atoms with Crippen LogP contribution in [-0.4, -0.2) is 27.3 Å². The topological polar surface area (TPSA) is 58.2 Å². The lowest BCUT2D eigenvalue weighted by atomic mass is 10.3. The number of nitrogens with one attached hydrogen (secondary N) is 2. The van der Waals surface area contributed by atoms with Crippen molar-refractivity contribution in [2.24, 2.45) is 0 Å². The highest BCUT2D eigenvalue weighted by atomic mass is 79.9. The van der Waals surface area contributed by atoms with Gasteiger partial charge in [-0.25, -0.2) is 8.42 Å². The SMILES string of the molecule is CCCNCCCS(=O)(=O)Nc1cccc(Cl)c1Br. The highest BCUT2D eigenvalue weighted by Crippen LogP contribution is 2.30. The maximum absolute atomic E-state index is 11.9. The van der Waals surface area contributed by atoms with Gasteiger partial charge in [0.25, 0.3) is 0 Å². The van der Waals surface area contributed by atoms with Crippen molar-refractivity contribution < 1.29 is 8.42 Å². The molecule has 19 heavy (non-hydrogen) atoms. The number of hydrogen-bond acceptors (Lipinski definition) is 3. The van der Waals surface area contributed by atoms with Crippen LogP contribution in [0.4, 0.5) is 5.69 Å². The number of sulfonamides is 1. The van der Waals surface area contributed by atoms with Crippen LogP contribution in [0, 0.1) is 0 Å². The van der Waals surface area contributed by atoms with E-state index in [1.165, 1.54) is 0 Å². The summed E-state index contributed by atoms with van der Waals surface area (Å²) in [5.41, 5.74) is 0.467. The molecule has 108 valence electrons. The highest BCUT2D eigenvalue weighted by Gasteiger charge is 2.13. The lowest BCUT2D eigenvalue weighted by Gasteiger charge is -2.10. The first-order valence-corrected chi connectivity index (χ1v) is 8.94. The number of hydrogen-bond donors (Lipinski definition) is 2. The molecule has 0 atom stereocenters. The van der Waals surface area contributed by atoms with E-state index in [1.54, 1.807) is 18.2 Å². The highest BCUT2D eigenvalue weighted by molar-refractivity contribution is 9.10. The van der Waals surface area contributed by atoms with Gasteiger partial charge in [0.15, 0.2) is 0 Å². The van der Waals surface area contributed by atoms with Gasteiger partial charge in [-0.2, -0.15) is 0 Å². The Morgan fingerprint density at radius 1 is 1.32 bits per heavy atom. The molecule has 0 aromatic heterocycles. The molecule has 0 fully saturated rings. The predicted molar refractivity (Wildman–Crippen MR) is 84.3 cm³/mol. The first kappa shape index (κ1) is 16.8. The summed E-state index contributed by atoms with van der Waals surface area (Å²) in [5.74, 6) is 0.0860. The molecule has 0 bridgehead atoms. The molecule has 0 aliphatic carbocycles. The third-order valence-electron chi connectivity index (χ3n) is 2.41. The molecule has 0 heterocycles. The van der Waals surface area contributed by atoms with Crippen LogP contribution in [0.15, 0.2) is 22.7 Å². The van der Waals surface area contributed by atoms with Crippen LogP contribution in [0.3, 0.4) is 0 Å². The Hall–Kier alpha value is -0.300. The van der Waals surface area contributed by atoms with Gasteiger partial charge in [-0.1, -0.05) is 24.6 Å². The van der Waals surface area contributed by atoms with Crippen molar-refractivity contribution in [2.75, 3.05) is 23.6 Å². The van der Waals surface area contributed by atoms with E-state index in [2.05, 4.69) is 32.9 Å². The van der Waals surface area contributed by atoms with Crippen LogP contribution in [0.25, 0.3) is 0 Å². The molecule has 0 aliphatic rings. The second kappa shape index (κ2) is 8.09. The molecule has 0 amide bonds. The molecule has 7 heteroatoms. The first-order chi connectivity index (χ1) is 8.96. The first-order valence-electron chi connectivity index (χ1n) is 6.11. The molecule has 1 aromatic carbocycles. The van der Waals surface area contributed by atoms with Gasteiger partial charge in [-0.3, -0.25) is 4.72 Å². The largest absolute Gasteiger partial charge is 0.317 e. The maximum atomic E-state index is 11.9. The minimum absolute atomic E-state index is 0.0860. The van der Waals surface area contributed by atoms with Crippen molar-refractivity contribution in [3.05, 3.63) is 27.7 Å². The summed E-state index contributed by atoms with van der Waals surface area (Å²) in [6.45, 7) is 3.68. The van der Waals surface area contributed by atoms with E-state index in [0.717, 1.165) is 13.0 Å². The van der Waals surface area contributed by atoms with E-state index >= 15 is 0 Å². The van der Waals surface area contributed by atoms with Crippen molar-refractivity contribution in [1.82, 2.24) is 5.32 Å². The van der Waals surface area contributed by atoms with Gasteiger partial charge >= 0.3 is 0 Å². The number of benzene rings is 1. The Morgan fingerprint density at radius 3 is 2.74 bits per heavy atom. The van der Waals surface area contributed by atoms with Crippen molar-refractivity contribution >= 4 is 43.2 Å². The zero-order chi connectivity index (χ0) is 14.3. The smallest absolute Gasteiger partial charge is 0.232 e. The average Bonchev–Trinajstić information content (AvgIpc) is 2.34. The third kappa shape index (κ3) is 6.12. The van der Waals surface area contributed by atoms with Gasteiger partial charge in [0.1, 0.15) is 0 Å². The van der Waals surface area contributed by atoms with Crippen molar-refractivity contribution in [2.45, 2.75) is 19.8 Å². The molecule has 0 aliphatic heterocycles. The summed E-state index contributed by atoms with van der Waals surface area (Å²) in [7, 11) is -3.34. The summed E-state index contributed by atoms with van der Waals surface area (Å²) in [4.78, 5) is 0. The molecule has 2 N–H and O–H groups in total. The number of anilines is 1. The Balaban J connectivity index is 2.52. The zero-order valence-electron chi connectivity index (χ0n) is 10.7. The standard InChI is InChI=1S/C12H18BrClN2O2S/c1-2-7-15-8-4-9-19(17,18)16-11-6-3-5-10(14)12(11)13/h3,5-6,15-16H,2,4,7-9H2,1H3. The summed E-state index contributed by atoms with van der Waals surface area (Å²) in [5, 5.41) is 3.65. The Kier molecular flexibility index (Phi) is 7.13. The molecule has 1 aromatic rings. The summed E-state index contributed by atoms with van der Waals surface area (Å²) < 4.78 is 26.9. The quantitative estimate of drug-likeness (QED) is 0.692. The fourth-order valence-electron chi connectivity index (χ4n) is 1.49. The fraction of sp³-hybridized carbons (Fsp3) is 0.500. The molecule has 0 saturated carbocycles. The normalized spacial score (nSPS) is 11.5. The van der Waals surface area contributed by atoms with Crippen LogP contribution < -0.4 is 10.0 Å². The number of halogens is 2. The molecule has 0 unspecified atom stereocenters. The van der Waals surface area contributed by atoms with Crippen LogP contribution in [0.1, 0.15) is 19.8 Å². The second-order valence-corrected chi connectivity index (χ2v) is 7.17. The van der Waals surface area contributed by atoms with Gasteiger partial charge < -0.3 is 5.32 Å². The summed E-state index contributed by atoms with van der Waals surface area (Å²) in [6.07, 6.45) is 1.62. The van der Waals surface area contributed by atoms with Crippen molar-refractivity contribution in [3.8, 4) is 0 Å². The molecule has 0 spiro atoms. The Morgan fingerprint density at radius 2 is 2.05 bits per heavy atom. The van der Waals surface area contributed by atoms with E-state index in [-0.39, 0.29) is 5.75 Å². The van der Waals surface area contributed by atoms with Crippen molar-refractivity contribution in [3.63, 3.8) is 0 Å². The van der Waals surface area contributed by atoms with Crippen LogP contribution in [0.5, 0.6) is 0 Å². The minimum atomic E-state index is -3.34. The monoisotopic (exact) mass is 368 g/mol. The van der Waals surface area contributed by atoms with Crippen LogP contribution >= 0.6 is 27.5 Å². The summed E-state index contributed by atoms with van der Waals surface area (Å²) in [6, 6.07) is 5.06. The molecule has 4 nitrogen and oxygen atoms in total. The van der Waals surface area contributed by atoms with Gasteiger partial charge in [-0.05, 0) is 54.0 Å². The zero-order valence-corrected chi connectivity index (χ0v) is 13.9. The number of rotatable bonds is 8. The predicted octanol–water partition coefficient (Wildman–Crippen LogP) is 3.23. The van der Waals surface area contributed by atoms with Gasteiger partial charge in [0.2, 0.25) is 10.0 Å². The van der Waals surface area contributed by atoms with E-state index in [9.17, 15) is 8.42 Å². The molecule has 0 radical (unpaired) electrons. The van der Waals surface area contributed by atoms with E-state index < -0.39 is 10.0 Å². The lowest BCUT2D eigenvalue weighted by Crippen LogP contribution is -2.22. The Bertz CT molecular complexity index is 508.